The van der Waals surface area contributed by atoms with Crippen molar-refractivity contribution in [2.24, 2.45) is 0 Å². The van der Waals surface area contributed by atoms with Gasteiger partial charge in [0.05, 0.1) is 36.2 Å². The second-order valence-electron chi connectivity index (χ2n) is 8.16. The van der Waals surface area contributed by atoms with Gasteiger partial charge in [-0.15, -0.1) is 0 Å². The molecule has 7 nitrogen and oxygen atoms in total. The first-order chi connectivity index (χ1) is 16.6. The zero-order valence-electron chi connectivity index (χ0n) is 19.9. The summed E-state index contributed by atoms with van der Waals surface area (Å²) in [7, 11) is -3.53. The topological polar surface area (TPSA) is 84.9 Å². The highest BCUT2D eigenvalue weighted by Gasteiger charge is 2.18. The molecule has 0 heterocycles. The number of benzene rings is 3. The summed E-state index contributed by atoms with van der Waals surface area (Å²) in [6, 6.07) is 20.9. The lowest BCUT2D eigenvalue weighted by Gasteiger charge is -2.23. The molecule has 1 amide bonds. The van der Waals surface area contributed by atoms with Gasteiger partial charge in [-0.05, 0) is 67.9 Å². The van der Waals surface area contributed by atoms with Gasteiger partial charge in [-0.2, -0.15) is 0 Å². The van der Waals surface area contributed by atoms with E-state index in [2.05, 4.69) is 5.32 Å². The third kappa shape index (κ3) is 7.90. The molecular weight excluding hydrogens is 488 g/mol. The SMILES string of the molecule is CC(C)Oc1ccc(N(Cc2ccc(C(=O)NCCOc3ccccc3Cl)cc2)S(C)(=O)=O)cc1. The molecule has 0 saturated carbocycles. The summed E-state index contributed by atoms with van der Waals surface area (Å²) in [6.07, 6.45) is 1.19. The number of carbonyl (C=O) groups excluding carboxylic acids is 1. The predicted octanol–water partition coefficient (Wildman–Crippen LogP) is 4.90. The summed E-state index contributed by atoms with van der Waals surface area (Å²) >= 11 is 6.05. The first-order valence-electron chi connectivity index (χ1n) is 11.1. The standard InChI is InChI=1S/C26H29ClN2O5S/c1-19(2)34-23-14-12-22(13-15-23)29(35(3,31)32)18-20-8-10-21(11-9-20)26(30)28-16-17-33-25-7-5-4-6-24(25)27/h4-15,19H,16-18H2,1-3H3,(H,28,30). The van der Waals surface area contributed by atoms with E-state index in [1.807, 2.05) is 26.0 Å². The number of ether oxygens (including phenoxy) is 2. The Morgan fingerprint density at radius 3 is 2.26 bits per heavy atom. The number of amides is 1. The number of hydrogen-bond donors (Lipinski definition) is 1. The van der Waals surface area contributed by atoms with Gasteiger partial charge in [0.15, 0.2) is 0 Å². The van der Waals surface area contributed by atoms with Crippen molar-refractivity contribution in [1.29, 1.82) is 0 Å². The van der Waals surface area contributed by atoms with Gasteiger partial charge >= 0.3 is 0 Å². The van der Waals surface area contributed by atoms with E-state index in [1.165, 1.54) is 4.31 Å². The molecule has 0 saturated heterocycles. The third-order valence-electron chi connectivity index (χ3n) is 4.92. The summed E-state index contributed by atoms with van der Waals surface area (Å²) < 4.78 is 37.4. The van der Waals surface area contributed by atoms with Crippen LogP contribution in [0.5, 0.6) is 11.5 Å². The second kappa shape index (κ2) is 12.0. The highest BCUT2D eigenvalue weighted by Crippen LogP contribution is 2.25. The van der Waals surface area contributed by atoms with E-state index in [1.54, 1.807) is 60.7 Å². The first kappa shape index (κ1) is 26.4. The zero-order chi connectivity index (χ0) is 25.4. The van der Waals surface area contributed by atoms with Gasteiger partial charge in [0, 0.05) is 5.56 Å². The van der Waals surface area contributed by atoms with Crippen LogP contribution < -0.4 is 19.1 Å². The highest BCUT2D eigenvalue weighted by molar-refractivity contribution is 7.92. The molecule has 0 unspecified atom stereocenters. The average Bonchev–Trinajstić information content (AvgIpc) is 2.81. The van der Waals surface area contributed by atoms with Crippen molar-refractivity contribution in [2.45, 2.75) is 26.5 Å². The quantitative estimate of drug-likeness (QED) is 0.366. The summed E-state index contributed by atoms with van der Waals surface area (Å²) in [5.41, 5.74) is 1.74. The number of sulfonamides is 1. The number of para-hydroxylation sites is 1. The Hall–Kier alpha value is -3.23. The van der Waals surface area contributed by atoms with Gasteiger partial charge in [-0.25, -0.2) is 8.42 Å². The van der Waals surface area contributed by atoms with E-state index in [9.17, 15) is 13.2 Å². The molecule has 9 heteroatoms. The Kier molecular flexibility index (Phi) is 9.01. The number of halogens is 1. The Labute approximate surface area is 211 Å². The van der Waals surface area contributed by atoms with Crippen molar-refractivity contribution in [2.75, 3.05) is 23.7 Å². The Bertz CT molecular complexity index is 1230. The molecule has 0 radical (unpaired) electrons. The van der Waals surface area contributed by atoms with Crippen LogP contribution in [0.15, 0.2) is 72.8 Å². The van der Waals surface area contributed by atoms with Gasteiger partial charge in [0.1, 0.15) is 18.1 Å². The van der Waals surface area contributed by atoms with Crippen LogP contribution in [0.4, 0.5) is 5.69 Å². The molecule has 0 spiro atoms. The van der Waals surface area contributed by atoms with Crippen LogP contribution in [0.3, 0.4) is 0 Å². The average molecular weight is 517 g/mol. The van der Waals surface area contributed by atoms with Crippen LogP contribution in [0.2, 0.25) is 5.02 Å². The van der Waals surface area contributed by atoms with Crippen LogP contribution in [0, 0.1) is 0 Å². The summed E-state index contributed by atoms with van der Waals surface area (Å²) in [6.45, 7) is 4.57. The first-order valence-corrected chi connectivity index (χ1v) is 13.3. The van der Waals surface area contributed by atoms with Gasteiger partial charge in [0.2, 0.25) is 10.0 Å². The fourth-order valence-corrected chi connectivity index (χ4v) is 4.36. The minimum atomic E-state index is -3.53. The minimum absolute atomic E-state index is 0.0254. The predicted molar refractivity (Wildman–Crippen MR) is 139 cm³/mol. The summed E-state index contributed by atoms with van der Waals surface area (Å²) in [4.78, 5) is 12.4. The Balaban J connectivity index is 1.59. The van der Waals surface area contributed by atoms with Gasteiger partial charge < -0.3 is 14.8 Å². The maximum Gasteiger partial charge on any atom is 0.251 e. The molecule has 3 rings (SSSR count). The molecular formula is C26H29ClN2O5S. The second-order valence-corrected chi connectivity index (χ2v) is 10.5. The lowest BCUT2D eigenvalue weighted by atomic mass is 10.1. The molecule has 1 N–H and O–H groups in total. The van der Waals surface area contributed by atoms with Gasteiger partial charge in [-0.1, -0.05) is 35.9 Å². The molecule has 0 fully saturated rings. The maximum atomic E-state index is 12.5. The van der Waals surface area contributed by atoms with Crippen LogP contribution >= 0.6 is 11.6 Å². The smallest absolute Gasteiger partial charge is 0.251 e. The Morgan fingerprint density at radius 2 is 1.66 bits per heavy atom. The molecule has 186 valence electrons. The van der Waals surface area contributed by atoms with Gasteiger partial charge in [-0.3, -0.25) is 9.10 Å². The monoisotopic (exact) mass is 516 g/mol. The van der Waals surface area contributed by atoms with Crippen molar-refractivity contribution in [1.82, 2.24) is 5.32 Å². The molecule has 0 aromatic heterocycles. The van der Waals surface area contributed by atoms with Crippen molar-refractivity contribution in [3.8, 4) is 11.5 Å². The number of nitrogens with one attached hydrogen (secondary N) is 1. The van der Waals surface area contributed by atoms with Crippen LogP contribution in [-0.4, -0.2) is 39.8 Å². The van der Waals surface area contributed by atoms with E-state index < -0.39 is 10.0 Å². The Morgan fingerprint density at radius 1 is 1.00 bits per heavy atom. The summed E-state index contributed by atoms with van der Waals surface area (Å²) in [5.74, 6) is 0.982. The van der Waals surface area contributed by atoms with E-state index in [4.69, 9.17) is 21.1 Å². The molecule has 0 aliphatic rings. The number of anilines is 1. The molecule has 3 aromatic rings. The number of nitrogens with zero attached hydrogens (tertiary/aromatic N) is 1. The van der Waals surface area contributed by atoms with E-state index in [-0.39, 0.29) is 25.2 Å². The van der Waals surface area contributed by atoms with Crippen molar-refractivity contribution in [3.05, 3.63) is 88.9 Å². The lowest BCUT2D eigenvalue weighted by Crippen LogP contribution is -2.29. The number of carbonyl (C=O) groups is 1. The van der Waals surface area contributed by atoms with Crippen LogP contribution in [0.25, 0.3) is 0 Å². The highest BCUT2D eigenvalue weighted by atomic mass is 35.5. The maximum absolute atomic E-state index is 12.5. The molecule has 0 bridgehead atoms. The fraction of sp³-hybridized carbons (Fsp3) is 0.269. The van der Waals surface area contributed by atoms with Crippen molar-refractivity contribution >= 4 is 33.2 Å². The van der Waals surface area contributed by atoms with E-state index >= 15 is 0 Å². The molecule has 3 aromatic carbocycles. The van der Waals surface area contributed by atoms with Gasteiger partial charge in [0.25, 0.3) is 5.91 Å². The van der Waals surface area contributed by atoms with Crippen LogP contribution in [-0.2, 0) is 16.6 Å². The van der Waals surface area contributed by atoms with E-state index in [0.717, 1.165) is 11.8 Å². The van der Waals surface area contributed by atoms with E-state index in [0.29, 0.717) is 34.3 Å². The molecule has 0 aliphatic carbocycles. The van der Waals surface area contributed by atoms with Crippen LogP contribution in [0.1, 0.15) is 29.8 Å². The number of rotatable bonds is 11. The molecule has 0 atom stereocenters. The fourth-order valence-electron chi connectivity index (χ4n) is 3.28. The minimum Gasteiger partial charge on any atom is -0.491 e. The number of hydrogen-bond acceptors (Lipinski definition) is 5. The van der Waals surface area contributed by atoms with Crippen molar-refractivity contribution in [3.63, 3.8) is 0 Å². The molecule has 35 heavy (non-hydrogen) atoms. The third-order valence-corrected chi connectivity index (χ3v) is 6.37. The summed E-state index contributed by atoms with van der Waals surface area (Å²) in [5, 5.41) is 3.30. The lowest BCUT2D eigenvalue weighted by molar-refractivity contribution is 0.0947. The zero-order valence-corrected chi connectivity index (χ0v) is 21.5. The van der Waals surface area contributed by atoms with Crippen molar-refractivity contribution < 1.29 is 22.7 Å². The molecule has 0 aliphatic heterocycles. The largest absolute Gasteiger partial charge is 0.491 e. The normalized spacial score (nSPS) is 11.2.